The lowest BCUT2D eigenvalue weighted by atomic mass is 9.97. The molecule has 3 rings (SSSR count). The van der Waals surface area contributed by atoms with Crippen molar-refractivity contribution < 1.29 is 22.7 Å². The molecule has 1 N–H and O–H groups in total. The maximum absolute atomic E-state index is 12.8. The average Bonchev–Trinajstić information content (AvgIpc) is 2.83. The summed E-state index contributed by atoms with van der Waals surface area (Å²) < 4.78 is 32.4. The third kappa shape index (κ3) is 6.09. The van der Waals surface area contributed by atoms with Gasteiger partial charge in [0.25, 0.3) is 5.91 Å². The van der Waals surface area contributed by atoms with Crippen molar-refractivity contribution in [3.05, 3.63) is 54.1 Å². The van der Waals surface area contributed by atoms with E-state index in [2.05, 4.69) is 5.32 Å². The van der Waals surface area contributed by atoms with E-state index in [1.54, 1.807) is 38.4 Å². The Labute approximate surface area is 193 Å². The molecule has 9 nitrogen and oxygen atoms in total. The Balaban J connectivity index is 1.52. The van der Waals surface area contributed by atoms with E-state index in [-0.39, 0.29) is 42.3 Å². The van der Waals surface area contributed by atoms with Crippen LogP contribution in [0.5, 0.6) is 5.75 Å². The van der Waals surface area contributed by atoms with E-state index in [4.69, 9.17) is 10.00 Å². The highest BCUT2D eigenvalue weighted by atomic mass is 32.2. The second-order valence-electron chi connectivity index (χ2n) is 7.91. The maximum atomic E-state index is 12.8. The zero-order valence-electron chi connectivity index (χ0n) is 18.5. The molecule has 0 bridgehead atoms. The Morgan fingerprint density at radius 1 is 1.09 bits per heavy atom. The zero-order chi connectivity index (χ0) is 24.0. The predicted molar refractivity (Wildman–Crippen MR) is 122 cm³/mol. The van der Waals surface area contributed by atoms with E-state index in [9.17, 15) is 18.0 Å². The van der Waals surface area contributed by atoms with Crippen molar-refractivity contribution in [3.8, 4) is 11.8 Å². The fourth-order valence-electron chi connectivity index (χ4n) is 3.36. The molecule has 174 valence electrons. The Hall–Kier alpha value is -3.42. The van der Waals surface area contributed by atoms with Gasteiger partial charge in [0.2, 0.25) is 15.9 Å². The second kappa shape index (κ2) is 10.5. The van der Waals surface area contributed by atoms with Crippen LogP contribution in [0.2, 0.25) is 0 Å². The number of anilines is 1. The van der Waals surface area contributed by atoms with Crippen LogP contribution in [0.15, 0.2) is 53.4 Å². The van der Waals surface area contributed by atoms with Crippen LogP contribution >= 0.6 is 0 Å². The van der Waals surface area contributed by atoms with Crippen LogP contribution in [0.1, 0.15) is 18.4 Å². The number of likely N-dealkylation sites (N-methyl/N-ethyl adjacent to an activating group) is 1. The normalized spacial score (nSPS) is 14.8. The van der Waals surface area contributed by atoms with Crippen molar-refractivity contribution >= 4 is 27.5 Å². The van der Waals surface area contributed by atoms with Crippen LogP contribution in [0.25, 0.3) is 0 Å². The highest BCUT2D eigenvalue weighted by Crippen LogP contribution is 2.25. The van der Waals surface area contributed by atoms with Crippen LogP contribution in [0, 0.1) is 17.2 Å². The number of ether oxygens (including phenoxy) is 1. The van der Waals surface area contributed by atoms with Gasteiger partial charge < -0.3 is 15.0 Å². The Morgan fingerprint density at radius 2 is 1.70 bits per heavy atom. The molecule has 1 aliphatic heterocycles. The van der Waals surface area contributed by atoms with Gasteiger partial charge in [0, 0.05) is 38.8 Å². The van der Waals surface area contributed by atoms with Gasteiger partial charge >= 0.3 is 0 Å². The SMILES string of the molecule is CN(C)C(=O)COc1ccc(NC(=O)C2CCN(S(=O)(=O)c3ccc(C#N)cc3)CC2)cc1. The van der Waals surface area contributed by atoms with E-state index in [1.807, 2.05) is 6.07 Å². The van der Waals surface area contributed by atoms with Crippen LogP contribution in [0.4, 0.5) is 5.69 Å². The smallest absolute Gasteiger partial charge is 0.259 e. The minimum Gasteiger partial charge on any atom is -0.484 e. The molecule has 0 aliphatic carbocycles. The van der Waals surface area contributed by atoms with Gasteiger partial charge in [-0.05, 0) is 61.4 Å². The summed E-state index contributed by atoms with van der Waals surface area (Å²) in [4.78, 5) is 25.8. The number of nitriles is 1. The fraction of sp³-hybridized carbons (Fsp3) is 0.348. The van der Waals surface area contributed by atoms with Gasteiger partial charge in [0.1, 0.15) is 5.75 Å². The topological polar surface area (TPSA) is 120 Å². The van der Waals surface area contributed by atoms with E-state index in [0.29, 0.717) is 29.8 Å². The van der Waals surface area contributed by atoms with Gasteiger partial charge in [-0.15, -0.1) is 0 Å². The summed E-state index contributed by atoms with van der Waals surface area (Å²) in [6.45, 7) is 0.420. The van der Waals surface area contributed by atoms with Crippen LogP contribution in [0.3, 0.4) is 0 Å². The molecular weight excluding hydrogens is 444 g/mol. The second-order valence-corrected chi connectivity index (χ2v) is 9.84. The largest absolute Gasteiger partial charge is 0.484 e. The molecule has 0 unspecified atom stereocenters. The van der Waals surface area contributed by atoms with E-state index in [1.165, 1.54) is 33.5 Å². The van der Waals surface area contributed by atoms with Crippen molar-refractivity contribution in [2.75, 3.05) is 39.1 Å². The molecular formula is C23H26N4O5S. The lowest BCUT2D eigenvalue weighted by Gasteiger charge is -2.30. The number of nitrogens with one attached hydrogen (secondary N) is 1. The number of carbonyl (C=O) groups excluding carboxylic acids is 2. The summed E-state index contributed by atoms with van der Waals surface area (Å²) in [7, 11) is -0.365. The van der Waals surface area contributed by atoms with E-state index < -0.39 is 10.0 Å². The first-order valence-electron chi connectivity index (χ1n) is 10.4. The molecule has 0 atom stereocenters. The minimum atomic E-state index is -3.67. The number of sulfonamides is 1. The average molecular weight is 471 g/mol. The number of rotatable bonds is 7. The molecule has 0 aromatic heterocycles. The van der Waals surface area contributed by atoms with Gasteiger partial charge in [-0.2, -0.15) is 9.57 Å². The first-order valence-corrected chi connectivity index (χ1v) is 11.9. The number of piperidine rings is 1. The van der Waals surface area contributed by atoms with Gasteiger partial charge in [-0.1, -0.05) is 0 Å². The molecule has 1 saturated heterocycles. The molecule has 1 fully saturated rings. The summed E-state index contributed by atoms with van der Waals surface area (Å²) in [5, 5.41) is 11.7. The van der Waals surface area contributed by atoms with Crippen LogP contribution in [-0.4, -0.2) is 63.2 Å². The highest BCUT2D eigenvalue weighted by molar-refractivity contribution is 7.89. The lowest BCUT2D eigenvalue weighted by molar-refractivity contribution is -0.130. The Bertz CT molecular complexity index is 1130. The van der Waals surface area contributed by atoms with E-state index in [0.717, 1.165) is 0 Å². The maximum Gasteiger partial charge on any atom is 0.259 e. The summed E-state index contributed by atoms with van der Waals surface area (Å²) in [5.41, 5.74) is 0.991. The zero-order valence-corrected chi connectivity index (χ0v) is 19.3. The highest BCUT2D eigenvalue weighted by Gasteiger charge is 2.32. The molecule has 33 heavy (non-hydrogen) atoms. The first-order chi connectivity index (χ1) is 15.7. The van der Waals surface area contributed by atoms with Crippen molar-refractivity contribution in [2.24, 2.45) is 5.92 Å². The summed E-state index contributed by atoms with van der Waals surface area (Å²) in [5.74, 6) is -0.0997. The fourth-order valence-corrected chi connectivity index (χ4v) is 4.83. The number of nitrogens with zero attached hydrogens (tertiary/aromatic N) is 3. The molecule has 1 heterocycles. The quantitative estimate of drug-likeness (QED) is 0.662. The van der Waals surface area contributed by atoms with Gasteiger partial charge in [-0.25, -0.2) is 8.42 Å². The van der Waals surface area contributed by atoms with Crippen molar-refractivity contribution in [3.63, 3.8) is 0 Å². The first kappa shape index (κ1) is 24.2. The molecule has 2 amide bonds. The summed E-state index contributed by atoms with van der Waals surface area (Å²) in [6, 6.07) is 14.5. The van der Waals surface area contributed by atoms with Crippen LogP contribution in [-0.2, 0) is 19.6 Å². The molecule has 2 aromatic carbocycles. The number of carbonyl (C=O) groups is 2. The van der Waals surface area contributed by atoms with Crippen LogP contribution < -0.4 is 10.1 Å². The number of amides is 2. The van der Waals surface area contributed by atoms with Crippen molar-refractivity contribution in [2.45, 2.75) is 17.7 Å². The molecule has 1 aliphatic rings. The van der Waals surface area contributed by atoms with Crippen molar-refractivity contribution in [1.82, 2.24) is 9.21 Å². The van der Waals surface area contributed by atoms with Crippen molar-refractivity contribution in [1.29, 1.82) is 5.26 Å². The Kier molecular flexibility index (Phi) is 7.68. The molecule has 2 aromatic rings. The van der Waals surface area contributed by atoms with Gasteiger partial charge in [-0.3, -0.25) is 9.59 Å². The van der Waals surface area contributed by atoms with Gasteiger partial charge in [0.05, 0.1) is 16.5 Å². The Morgan fingerprint density at radius 3 is 2.24 bits per heavy atom. The molecule has 0 radical (unpaired) electrons. The molecule has 0 saturated carbocycles. The molecule has 10 heteroatoms. The number of hydrogen-bond donors (Lipinski definition) is 1. The van der Waals surface area contributed by atoms with E-state index >= 15 is 0 Å². The summed E-state index contributed by atoms with van der Waals surface area (Å²) >= 11 is 0. The lowest BCUT2D eigenvalue weighted by Crippen LogP contribution is -2.41. The minimum absolute atomic E-state index is 0.0668. The monoisotopic (exact) mass is 470 g/mol. The number of benzene rings is 2. The predicted octanol–water partition coefficient (Wildman–Crippen LogP) is 2.06. The summed E-state index contributed by atoms with van der Waals surface area (Å²) in [6.07, 6.45) is 0.824. The third-order valence-electron chi connectivity index (χ3n) is 5.43. The third-order valence-corrected chi connectivity index (χ3v) is 7.34. The number of hydrogen-bond acceptors (Lipinski definition) is 6. The molecule has 0 spiro atoms. The van der Waals surface area contributed by atoms with Gasteiger partial charge in [0.15, 0.2) is 6.61 Å². The standard InChI is InChI=1S/C23H26N4O5S/c1-26(2)22(28)16-32-20-7-5-19(6-8-20)25-23(29)18-11-13-27(14-12-18)33(30,31)21-9-3-17(15-24)4-10-21/h3-10,18H,11-14,16H2,1-2H3,(H,25,29).